The molecule has 0 rings (SSSR count). The van der Waals surface area contributed by atoms with Crippen LogP contribution in [0.5, 0.6) is 0 Å². The molecule has 3 nitrogen and oxygen atoms in total. The summed E-state index contributed by atoms with van der Waals surface area (Å²) >= 11 is 0. The van der Waals surface area contributed by atoms with Gasteiger partial charge in [0.1, 0.15) is 0 Å². The Morgan fingerprint density at radius 3 is 1.71 bits per heavy atom. The molecule has 0 bridgehead atoms. The molecule has 0 heterocycles. The molecule has 0 radical (unpaired) electrons. The van der Waals surface area contributed by atoms with E-state index in [4.69, 9.17) is 9.90 Å². The number of carboxylic acid groups (broad SMARTS) is 1. The standard InChI is InChI=1S/C2H4O3.2CH4/c1-5-2(3)4;;/h1H3,(H,3,4);2*1H4. The number of carbonyl (C=O) groups is 1. The number of rotatable bonds is 0. The molecule has 0 aromatic heterocycles. The summed E-state index contributed by atoms with van der Waals surface area (Å²) < 4.78 is 3.67. The Morgan fingerprint density at radius 1 is 1.57 bits per heavy atom. The summed E-state index contributed by atoms with van der Waals surface area (Å²) in [7, 11) is 1.10. The lowest BCUT2D eigenvalue weighted by atomic mass is 11.4. The van der Waals surface area contributed by atoms with E-state index in [1.165, 1.54) is 0 Å². The molecule has 0 aliphatic carbocycles. The SMILES string of the molecule is C.C.COC(=O)O. The van der Waals surface area contributed by atoms with Crippen LogP contribution in [0.3, 0.4) is 0 Å². The fourth-order valence-corrected chi connectivity index (χ4v) is 0. The quantitative estimate of drug-likeness (QED) is 0.479. The van der Waals surface area contributed by atoms with Crippen LogP contribution in [0.25, 0.3) is 0 Å². The second-order valence-electron chi connectivity index (χ2n) is 0.470. The van der Waals surface area contributed by atoms with Crippen LogP contribution in [-0.2, 0) is 4.74 Å². The highest BCUT2D eigenvalue weighted by atomic mass is 16.6. The second-order valence-corrected chi connectivity index (χ2v) is 0.470. The number of hydrogen-bond acceptors (Lipinski definition) is 2. The van der Waals surface area contributed by atoms with E-state index in [2.05, 4.69) is 4.74 Å². The van der Waals surface area contributed by atoms with Crippen LogP contribution >= 0.6 is 0 Å². The van der Waals surface area contributed by atoms with Crippen LogP contribution in [0.2, 0.25) is 0 Å². The van der Waals surface area contributed by atoms with Crippen molar-refractivity contribution < 1.29 is 14.6 Å². The average molecular weight is 108 g/mol. The maximum Gasteiger partial charge on any atom is 0.505 e. The average Bonchev–Trinajstić information content (AvgIpc) is 1.38. The van der Waals surface area contributed by atoms with Gasteiger partial charge in [-0.1, -0.05) is 14.9 Å². The molecular formula is C4H12O3. The van der Waals surface area contributed by atoms with Gasteiger partial charge >= 0.3 is 6.16 Å². The van der Waals surface area contributed by atoms with Gasteiger partial charge in [-0.15, -0.1) is 0 Å². The van der Waals surface area contributed by atoms with Crippen molar-refractivity contribution in [2.45, 2.75) is 14.9 Å². The molecule has 0 aromatic rings. The Morgan fingerprint density at radius 2 is 1.71 bits per heavy atom. The highest BCUT2D eigenvalue weighted by Crippen LogP contribution is 1.60. The maximum atomic E-state index is 9.15. The van der Waals surface area contributed by atoms with Crippen molar-refractivity contribution in [2.75, 3.05) is 7.11 Å². The van der Waals surface area contributed by atoms with Crippen LogP contribution in [-0.4, -0.2) is 18.4 Å². The molecule has 0 saturated carbocycles. The summed E-state index contributed by atoms with van der Waals surface area (Å²) in [5, 5.41) is 7.50. The van der Waals surface area contributed by atoms with Gasteiger partial charge in [0.25, 0.3) is 0 Å². The number of hydrogen-bond donors (Lipinski definition) is 1. The van der Waals surface area contributed by atoms with E-state index in [9.17, 15) is 0 Å². The fourth-order valence-electron chi connectivity index (χ4n) is 0. The molecule has 46 valence electrons. The normalized spacial score (nSPS) is 4.71. The molecule has 0 unspecified atom stereocenters. The first-order valence-electron chi connectivity index (χ1n) is 1.04. The van der Waals surface area contributed by atoms with Crippen molar-refractivity contribution in [1.29, 1.82) is 0 Å². The molecule has 0 aliphatic rings. The maximum absolute atomic E-state index is 9.15. The molecule has 1 N–H and O–H groups in total. The zero-order chi connectivity index (χ0) is 4.28. The predicted octanol–water partition coefficient (Wildman–Crippen LogP) is 1.58. The van der Waals surface area contributed by atoms with Gasteiger partial charge < -0.3 is 9.84 Å². The molecule has 0 spiro atoms. The summed E-state index contributed by atoms with van der Waals surface area (Å²) in [6.07, 6.45) is -1.25. The van der Waals surface area contributed by atoms with Crippen LogP contribution in [0, 0.1) is 0 Å². The van der Waals surface area contributed by atoms with Gasteiger partial charge in [0.15, 0.2) is 0 Å². The second kappa shape index (κ2) is 8.99. The van der Waals surface area contributed by atoms with Crippen LogP contribution in [0.15, 0.2) is 0 Å². The molecule has 0 fully saturated rings. The Kier molecular flexibility index (Phi) is 20.9. The van der Waals surface area contributed by atoms with Gasteiger partial charge in [0.2, 0.25) is 0 Å². The highest BCUT2D eigenvalue weighted by Gasteiger charge is 1.80. The van der Waals surface area contributed by atoms with E-state index in [1.54, 1.807) is 0 Å². The van der Waals surface area contributed by atoms with E-state index in [1.807, 2.05) is 0 Å². The third kappa shape index (κ3) is 34.9. The van der Waals surface area contributed by atoms with Crippen LogP contribution < -0.4 is 0 Å². The lowest BCUT2D eigenvalue weighted by molar-refractivity contribution is 0.114. The summed E-state index contributed by atoms with van der Waals surface area (Å²) in [4.78, 5) is 9.15. The minimum Gasteiger partial charge on any atom is -0.450 e. The molecule has 3 heteroatoms. The number of methoxy groups -OCH3 is 1. The molecule has 0 atom stereocenters. The molecular weight excluding hydrogens is 96.0 g/mol. The predicted molar refractivity (Wildman–Crippen MR) is 28.5 cm³/mol. The first kappa shape index (κ1) is 16.3. The van der Waals surface area contributed by atoms with E-state index < -0.39 is 6.16 Å². The molecule has 0 aromatic carbocycles. The van der Waals surface area contributed by atoms with Crippen LogP contribution in [0.1, 0.15) is 14.9 Å². The van der Waals surface area contributed by atoms with Gasteiger partial charge in [-0.2, -0.15) is 0 Å². The first-order chi connectivity index (χ1) is 2.27. The summed E-state index contributed by atoms with van der Waals surface area (Å²) in [5.74, 6) is 0. The van der Waals surface area contributed by atoms with Gasteiger partial charge in [0.05, 0.1) is 7.11 Å². The zero-order valence-electron chi connectivity index (χ0n) is 2.76. The van der Waals surface area contributed by atoms with Crippen molar-refractivity contribution in [3.05, 3.63) is 0 Å². The zero-order valence-corrected chi connectivity index (χ0v) is 2.76. The molecule has 0 saturated heterocycles. The van der Waals surface area contributed by atoms with Crippen LogP contribution in [0.4, 0.5) is 4.79 Å². The summed E-state index contributed by atoms with van der Waals surface area (Å²) in [5.41, 5.74) is 0. The van der Waals surface area contributed by atoms with E-state index in [-0.39, 0.29) is 14.9 Å². The fraction of sp³-hybridized carbons (Fsp3) is 0.750. The molecule has 7 heavy (non-hydrogen) atoms. The largest absolute Gasteiger partial charge is 0.505 e. The van der Waals surface area contributed by atoms with Gasteiger partial charge in [-0.25, -0.2) is 4.79 Å². The first-order valence-corrected chi connectivity index (χ1v) is 1.04. The van der Waals surface area contributed by atoms with Crippen molar-refractivity contribution in [1.82, 2.24) is 0 Å². The lowest BCUT2D eigenvalue weighted by Gasteiger charge is -1.79. The smallest absolute Gasteiger partial charge is 0.450 e. The highest BCUT2D eigenvalue weighted by molar-refractivity contribution is 5.56. The van der Waals surface area contributed by atoms with Crippen molar-refractivity contribution in [3.8, 4) is 0 Å². The third-order valence-electron chi connectivity index (χ3n) is 0.175. The molecule has 0 amide bonds. The van der Waals surface area contributed by atoms with Gasteiger partial charge in [-0.3, -0.25) is 0 Å². The lowest BCUT2D eigenvalue weighted by Crippen LogP contribution is -1.91. The topological polar surface area (TPSA) is 46.5 Å². The summed E-state index contributed by atoms with van der Waals surface area (Å²) in [6.45, 7) is 0. The van der Waals surface area contributed by atoms with Crippen molar-refractivity contribution in [2.24, 2.45) is 0 Å². The Labute approximate surface area is 43.9 Å². The minimum atomic E-state index is -1.25. The molecule has 0 aliphatic heterocycles. The van der Waals surface area contributed by atoms with E-state index >= 15 is 0 Å². The van der Waals surface area contributed by atoms with Crippen molar-refractivity contribution >= 4 is 6.16 Å². The summed E-state index contributed by atoms with van der Waals surface area (Å²) in [6, 6.07) is 0. The minimum absolute atomic E-state index is 0. The monoisotopic (exact) mass is 108 g/mol. The Balaban J connectivity index is -0.0000000800. The van der Waals surface area contributed by atoms with Gasteiger partial charge in [0, 0.05) is 0 Å². The van der Waals surface area contributed by atoms with Crippen molar-refractivity contribution in [3.63, 3.8) is 0 Å². The number of ether oxygens (including phenoxy) is 1. The Bertz CT molecular complexity index is 42.2. The Hall–Kier alpha value is -0.730. The van der Waals surface area contributed by atoms with E-state index in [0.717, 1.165) is 7.11 Å². The van der Waals surface area contributed by atoms with Gasteiger partial charge in [-0.05, 0) is 0 Å². The third-order valence-corrected chi connectivity index (χ3v) is 0.175. The van der Waals surface area contributed by atoms with E-state index in [0.29, 0.717) is 0 Å².